The zero-order valence-electron chi connectivity index (χ0n) is 23.0. The summed E-state index contributed by atoms with van der Waals surface area (Å²) in [6.45, 7) is 0. The Balaban J connectivity index is 1.74. The topological polar surface area (TPSA) is 168 Å². The van der Waals surface area contributed by atoms with Crippen LogP contribution in [0, 0.1) is 0 Å². The number of nitrogens with two attached hydrogens (primary N) is 2. The number of aliphatic hydroxyl groups excluding tert-OH is 1. The Morgan fingerprint density at radius 2 is 1.43 bits per heavy atom. The van der Waals surface area contributed by atoms with Crippen LogP contribution < -0.4 is 22.1 Å². The Bertz CT molecular complexity index is 1120. The number of rotatable bonds is 13. The zero-order chi connectivity index (χ0) is 29.1. The van der Waals surface area contributed by atoms with Gasteiger partial charge in [0, 0.05) is 13.1 Å². The number of carbonyl (C=O) groups is 4. The van der Waals surface area contributed by atoms with Gasteiger partial charge in [0.1, 0.15) is 6.04 Å². The number of hydrogen-bond acceptors (Lipinski definition) is 6. The summed E-state index contributed by atoms with van der Waals surface area (Å²) in [5.74, 6) is -2.66. The molecule has 0 spiro atoms. The molecule has 2 aromatic carbocycles. The fourth-order valence-corrected chi connectivity index (χ4v) is 5.07. The van der Waals surface area contributed by atoms with Crippen molar-refractivity contribution in [2.45, 2.75) is 81.6 Å². The number of benzene rings is 2. The normalized spacial score (nSPS) is 16.7. The highest BCUT2D eigenvalue weighted by Gasteiger charge is 2.35. The molecule has 0 aromatic heterocycles. The lowest BCUT2D eigenvalue weighted by Gasteiger charge is -2.35. The van der Waals surface area contributed by atoms with E-state index < -0.39 is 54.3 Å². The lowest BCUT2D eigenvalue weighted by molar-refractivity contribution is -0.144. The first kappa shape index (κ1) is 30.8. The zero-order valence-corrected chi connectivity index (χ0v) is 23.0. The van der Waals surface area contributed by atoms with Crippen molar-refractivity contribution in [3.8, 4) is 0 Å². The van der Waals surface area contributed by atoms with Crippen molar-refractivity contribution in [3.05, 3.63) is 71.8 Å². The first-order chi connectivity index (χ1) is 19.2. The van der Waals surface area contributed by atoms with Crippen molar-refractivity contribution in [3.63, 3.8) is 0 Å². The van der Waals surface area contributed by atoms with E-state index in [0.29, 0.717) is 0 Å². The molecule has 1 saturated carbocycles. The van der Waals surface area contributed by atoms with Crippen LogP contribution in [0.2, 0.25) is 0 Å². The van der Waals surface area contributed by atoms with Gasteiger partial charge in [0.25, 0.3) is 5.91 Å². The fraction of sp³-hybridized carbons (Fsp3) is 0.467. The van der Waals surface area contributed by atoms with Crippen LogP contribution in [0.5, 0.6) is 0 Å². The molecule has 10 heteroatoms. The van der Waals surface area contributed by atoms with Crippen LogP contribution in [0.3, 0.4) is 0 Å². The Morgan fingerprint density at radius 1 is 0.875 bits per heavy atom. The predicted octanol–water partition coefficient (Wildman–Crippen LogP) is 0.796. The van der Waals surface area contributed by atoms with Crippen LogP contribution in [-0.4, -0.2) is 71.0 Å². The van der Waals surface area contributed by atoms with Gasteiger partial charge in [-0.15, -0.1) is 0 Å². The number of nitrogens with zero attached hydrogens (tertiary/aromatic N) is 1. The Labute approximate surface area is 235 Å². The molecule has 0 saturated heterocycles. The minimum Gasteiger partial charge on any atom is -0.381 e. The van der Waals surface area contributed by atoms with Crippen LogP contribution in [0.15, 0.2) is 60.7 Å². The van der Waals surface area contributed by atoms with Crippen molar-refractivity contribution >= 4 is 23.6 Å². The second-order valence-corrected chi connectivity index (χ2v) is 10.5. The third-order valence-corrected chi connectivity index (χ3v) is 7.40. The molecule has 1 fully saturated rings. The number of likely N-dealkylation sites (N-methyl/N-ethyl adjacent to an activating group) is 1. The van der Waals surface area contributed by atoms with Crippen molar-refractivity contribution in [2.75, 3.05) is 7.05 Å². The molecule has 40 heavy (non-hydrogen) atoms. The van der Waals surface area contributed by atoms with Gasteiger partial charge in [0.05, 0.1) is 18.5 Å². The number of amides is 4. The number of nitrogens with one attached hydrogen (secondary N) is 2. The van der Waals surface area contributed by atoms with Gasteiger partial charge in [-0.2, -0.15) is 0 Å². The van der Waals surface area contributed by atoms with Gasteiger partial charge in [0.15, 0.2) is 6.10 Å². The molecule has 2 aromatic rings. The summed E-state index contributed by atoms with van der Waals surface area (Å²) >= 11 is 0. The van der Waals surface area contributed by atoms with E-state index >= 15 is 0 Å². The smallest absolute Gasteiger partial charge is 0.253 e. The van der Waals surface area contributed by atoms with Crippen molar-refractivity contribution in [1.82, 2.24) is 15.5 Å². The SMILES string of the molecule is CN(C(=O)[C@@H](O)[C@H](Cc1ccccc1)NC(=O)[C@H](CC(N)=O)NC(=O)[C@@H](N)Cc1ccccc1)C1CCCCC1. The van der Waals surface area contributed by atoms with E-state index in [2.05, 4.69) is 10.6 Å². The number of aliphatic hydroxyl groups is 1. The van der Waals surface area contributed by atoms with Gasteiger partial charge in [-0.25, -0.2) is 0 Å². The van der Waals surface area contributed by atoms with E-state index in [1.165, 1.54) is 0 Å². The molecule has 3 rings (SSSR count). The minimum absolute atomic E-state index is 0.0250. The molecule has 10 nitrogen and oxygen atoms in total. The Kier molecular flexibility index (Phi) is 11.6. The predicted molar refractivity (Wildman–Crippen MR) is 152 cm³/mol. The summed E-state index contributed by atoms with van der Waals surface area (Å²) in [7, 11) is 1.67. The highest BCUT2D eigenvalue weighted by atomic mass is 16.3. The van der Waals surface area contributed by atoms with Crippen LogP contribution in [0.1, 0.15) is 49.7 Å². The Morgan fingerprint density at radius 3 is 1.98 bits per heavy atom. The van der Waals surface area contributed by atoms with E-state index in [0.717, 1.165) is 43.2 Å². The molecule has 0 heterocycles. The third-order valence-electron chi connectivity index (χ3n) is 7.40. The average Bonchev–Trinajstić information content (AvgIpc) is 2.96. The lowest BCUT2D eigenvalue weighted by atomic mass is 9.93. The van der Waals surface area contributed by atoms with Gasteiger partial charge in [-0.1, -0.05) is 79.9 Å². The van der Waals surface area contributed by atoms with Crippen LogP contribution in [0.4, 0.5) is 0 Å². The summed E-state index contributed by atoms with van der Waals surface area (Å²) in [5, 5.41) is 16.4. The molecule has 1 aliphatic carbocycles. The van der Waals surface area contributed by atoms with Gasteiger partial charge in [0.2, 0.25) is 17.7 Å². The van der Waals surface area contributed by atoms with E-state index in [-0.39, 0.29) is 18.9 Å². The van der Waals surface area contributed by atoms with Crippen LogP contribution in [0.25, 0.3) is 0 Å². The maximum atomic E-state index is 13.4. The summed E-state index contributed by atoms with van der Waals surface area (Å²) in [4.78, 5) is 52.9. The standard InChI is InChI=1S/C30H41N5O5/c1-35(22-15-9-4-10-16-22)30(40)27(37)24(18-21-13-7-3-8-14-21)33-29(39)25(19-26(32)36)34-28(38)23(31)17-20-11-5-2-6-12-20/h2-3,5-8,11-14,22-25,27,37H,4,9-10,15-19,31H2,1H3,(H2,32,36)(H,33,39)(H,34,38)/t23-,24-,25-,27-/m0/s1. The number of primary amides is 1. The van der Waals surface area contributed by atoms with Gasteiger partial charge in [-0.3, -0.25) is 19.2 Å². The molecule has 7 N–H and O–H groups in total. The summed E-state index contributed by atoms with van der Waals surface area (Å²) in [6.07, 6.45) is 3.25. The quantitative estimate of drug-likeness (QED) is 0.247. The molecule has 4 amide bonds. The molecule has 0 bridgehead atoms. The van der Waals surface area contributed by atoms with Gasteiger partial charge >= 0.3 is 0 Å². The number of hydrogen-bond donors (Lipinski definition) is 5. The summed E-state index contributed by atoms with van der Waals surface area (Å²) in [6, 6.07) is 15.0. The molecule has 0 aliphatic heterocycles. The molecule has 216 valence electrons. The maximum absolute atomic E-state index is 13.4. The lowest BCUT2D eigenvalue weighted by Crippen LogP contribution is -2.59. The first-order valence-corrected chi connectivity index (χ1v) is 13.8. The second-order valence-electron chi connectivity index (χ2n) is 10.5. The number of carbonyl (C=O) groups excluding carboxylic acids is 4. The second kappa shape index (κ2) is 15.1. The van der Waals surface area contributed by atoms with Gasteiger partial charge in [-0.05, 0) is 36.8 Å². The highest BCUT2D eigenvalue weighted by Crippen LogP contribution is 2.22. The maximum Gasteiger partial charge on any atom is 0.253 e. The van der Waals surface area contributed by atoms with Crippen molar-refractivity contribution < 1.29 is 24.3 Å². The Hall–Kier alpha value is -3.76. The van der Waals surface area contributed by atoms with E-state index in [1.54, 1.807) is 11.9 Å². The average molecular weight is 552 g/mol. The third kappa shape index (κ3) is 9.17. The van der Waals surface area contributed by atoms with E-state index in [9.17, 15) is 24.3 Å². The van der Waals surface area contributed by atoms with Crippen LogP contribution in [-0.2, 0) is 32.0 Å². The highest BCUT2D eigenvalue weighted by molar-refractivity contribution is 5.93. The minimum atomic E-state index is -1.54. The molecule has 0 radical (unpaired) electrons. The monoisotopic (exact) mass is 551 g/mol. The van der Waals surface area contributed by atoms with E-state index in [1.807, 2.05) is 60.7 Å². The molecule has 1 aliphatic rings. The van der Waals surface area contributed by atoms with Crippen molar-refractivity contribution in [1.29, 1.82) is 0 Å². The molecule has 4 atom stereocenters. The van der Waals surface area contributed by atoms with Crippen LogP contribution >= 0.6 is 0 Å². The molecular formula is C30H41N5O5. The largest absolute Gasteiger partial charge is 0.381 e. The molecule has 0 unspecified atom stereocenters. The molecular weight excluding hydrogens is 510 g/mol. The summed E-state index contributed by atoms with van der Waals surface area (Å²) < 4.78 is 0. The van der Waals surface area contributed by atoms with E-state index in [4.69, 9.17) is 11.5 Å². The fourth-order valence-electron chi connectivity index (χ4n) is 5.07. The van der Waals surface area contributed by atoms with Gasteiger partial charge < -0.3 is 32.1 Å². The first-order valence-electron chi connectivity index (χ1n) is 13.8. The van der Waals surface area contributed by atoms with Crippen molar-refractivity contribution in [2.24, 2.45) is 11.5 Å². The summed E-state index contributed by atoms with van der Waals surface area (Å²) in [5.41, 5.74) is 13.1.